The number of amides is 2. The largest absolute Gasteiger partial charge is 0.457 e. The quantitative estimate of drug-likeness (QED) is 0.0569. The molecule has 1 aliphatic rings. The monoisotopic (exact) mass is 763 g/mol. The first-order valence-electron chi connectivity index (χ1n) is 17.4. The number of nitro groups is 2. The summed E-state index contributed by atoms with van der Waals surface area (Å²) in [6.45, 7) is 15.1. The van der Waals surface area contributed by atoms with Crippen LogP contribution in [0.2, 0.25) is 13.1 Å². The predicted molar refractivity (Wildman–Crippen MR) is 201 cm³/mol. The number of carbonyl (C=O) groups is 3. The van der Waals surface area contributed by atoms with Gasteiger partial charge in [-0.05, 0) is 98.8 Å². The van der Waals surface area contributed by atoms with Crippen molar-refractivity contribution < 1.29 is 42.9 Å². The van der Waals surface area contributed by atoms with Gasteiger partial charge in [-0.15, -0.1) is 0 Å². The maximum atomic E-state index is 14.2. The van der Waals surface area contributed by atoms with Crippen LogP contribution >= 0.6 is 0 Å². The molecular weight excluding hydrogens is 717 g/mol. The Hall–Kier alpha value is -5.35. The zero-order chi connectivity index (χ0) is 40.0. The van der Waals surface area contributed by atoms with E-state index in [1.807, 2.05) is 13.1 Å². The molecule has 1 radical (unpaired) electrons. The van der Waals surface area contributed by atoms with Crippen molar-refractivity contribution in [2.45, 2.75) is 85.6 Å². The molecule has 15 nitrogen and oxygen atoms in total. The molecule has 4 rings (SSSR count). The molecule has 1 fully saturated rings. The van der Waals surface area contributed by atoms with Crippen LogP contribution in [0.1, 0.15) is 69.4 Å². The fourth-order valence-corrected chi connectivity index (χ4v) is 6.95. The molecule has 0 unspecified atom stereocenters. The molecule has 0 N–H and O–H groups in total. The van der Waals surface area contributed by atoms with Crippen LogP contribution in [0, 0.1) is 31.6 Å². The fraction of sp³-hybridized carbons (Fsp3) is 0.447. The number of non-ortho nitro benzene ring substituents is 2. The van der Waals surface area contributed by atoms with E-state index in [0.717, 1.165) is 0 Å². The Bertz CT molecular complexity index is 1840. The maximum Gasteiger partial charge on any atom is 0.414 e. The number of esters is 1. The Morgan fingerprint density at radius 1 is 0.852 bits per heavy atom. The van der Waals surface area contributed by atoms with Crippen LogP contribution in [0.4, 0.5) is 26.7 Å². The van der Waals surface area contributed by atoms with Gasteiger partial charge in [0.25, 0.3) is 11.4 Å². The lowest BCUT2D eigenvalue weighted by Gasteiger charge is -2.42. The molecule has 1 aliphatic heterocycles. The van der Waals surface area contributed by atoms with E-state index in [1.165, 1.54) is 65.6 Å². The van der Waals surface area contributed by atoms with Crippen LogP contribution < -0.4 is 4.90 Å². The van der Waals surface area contributed by atoms with Gasteiger partial charge in [0, 0.05) is 42.9 Å². The zero-order valence-corrected chi connectivity index (χ0v) is 32.8. The highest BCUT2D eigenvalue weighted by atomic mass is 28.3. The van der Waals surface area contributed by atoms with Crippen molar-refractivity contribution in [2.24, 2.45) is 11.3 Å². The van der Waals surface area contributed by atoms with Crippen LogP contribution in [0.5, 0.6) is 0 Å². The number of likely N-dealkylation sites (tertiary alicyclic amines) is 1. The van der Waals surface area contributed by atoms with Gasteiger partial charge >= 0.3 is 18.2 Å². The Balaban J connectivity index is 1.72. The van der Waals surface area contributed by atoms with Crippen LogP contribution in [0.3, 0.4) is 0 Å². The summed E-state index contributed by atoms with van der Waals surface area (Å²) in [5, 5.41) is 22.2. The summed E-state index contributed by atoms with van der Waals surface area (Å²) in [5.74, 6) is -0.762. The topological polar surface area (TPSA) is 181 Å². The molecular formula is C38H47N4O11Si. The minimum atomic E-state index is -1.53. The summed E-state index contributed by atoms with van der Waals surface area (Å²) < 4.78 is 23.9. The fourth-order valence-electron chi connectivity index (χ4n) is 5.94. The van der Waals surface area contributed by atoms with Crippen molar-refractivity contribution in [1.82, 2.24) is 4.90 Å². The number of hydrogen-bond acceptors (Lipinski definition) is 11. The lowest BCUT2D eigenvalue weighted by molar-refractivity contribution is -0.385. The summed E-state index contributed by atoms with van der Waals surface area (Å²) in [7, 11) is -1.53. The van der Waals surface area contributed by atoms with E-state index in [-0.39, 0.29) is 53.7 Å². The first-order chi connectivity index (χ1) is 25.2. The molecule has 0 bridgehead atoms. The minimum absolute atomic E-state index is 0.0509. The number of anilines is 1. The molecule has 2 amide bonds. The second-order valence-electron chi connectivity index (χ2n) is 15.4. The van der Waals surface area contributed by atoms with Crippen LogP contribution in [-0.2, 0) is 31.9 Å². The van der Waals surface area contributed by atoms with Crippen molar-refractivity contribution in [3.63, 3.8) is 0 Å². The number of carbonyl (C=O) groups excluding carboxylic acids is 3. The first kappa shape index (κ1) is 41.4. The predicted octanol–water partition coefficient (Wildman–Crippen LogP) is 8.27. The Labute approximate surface area is 316 Å². The highest BCUT2D eigenvalue weighted by Gasteiger charge is 2.54. The van der Waals surface area contributed by atoms with E-state index in [9.17, 15) is 34.6 Å². The standard InChI is InChI=1S/C38H47N4O11Si/c1-36(2,3)29-21-38(53-54(7)8,40(22-29)35(45)52-37(4,5)6)25-39(34(44)51-24-27-14-18-31(19-15-27)42(48)49)32-11-9-10-28(20-32)33(43)50-23-26-12-16-30(17-13-26)41(46)47/h9-20,29H,21-25H2,1-8H3/t29-,38-/m0/s1. The second kappa shape index (κ2) is 16.8. The summed E-state index contributed by atoms with van der Waals surface area (Å²) in [6, 6.07) is 17.4. The summed E-state index contributed by atoms with van der Waals surface area (Å²) in [4.78, 5) is 65.5. The van der Waals surface area contributed by atoms with Crippen molar-refractivity contribution in [2.75, 3.05) is 18.0 Å². The van der Waals surface area contributed by atoms with Crippen LogP contribution in [-0.4, -0.2) is 66.4 Å². The van der Waals surface area contributed by atoms with Gasteiger partial charge in [-0.2, -0.15) is 0 Å². The first-order valence-corrected chi connectivity index (χ1v) is 19.8. The van der Waals surface area contributed by atoms with Gasteiger partial charge in [0.1, 0.15) is 18.8 Å². The average molecular weight is 764 g/mol. The minimum Gasteiger partial charge on any atom is -0.457 e. The molecule has 1 heterocycles. The van der Waals surface area contributed by atoms with Gasteiger partial charge in [0.2, 0.25) is 9.04 Å². The van der Waals surface area contributed by atoms with Gasteiger partial charge in [-0.1, -0.05) is 26.8 Å². The van der Waals surface area contributed by atoms with Gasteiger partial charge < -0.3 is 18.6 Å². The Kier molecular flexibility index (Phi) is 12.9. The van der Waals surface area contributed by atoms with E-state index < -0.39 is 48.4 Å². The third-order valence-electron chi connectivity index (χ3n) is 8.74. The number of nitrogens with zero attached hydrogens (tertiary/aromatic N) is 4. The molecule has 1 saturated heterocycles. The summed E-state index contributed by atoms with van der Waals surface area (Å²) >= 11 is 0. The molecule has 0 spiro atoms. The molecule has 3 aromatic carbocycles. The average Bonchev–Trinajstić information content (AvgIpc) is 3.47. The van der Waals surface area contributed by atoms with Gasteiger partial charge in [-0.25, -0.2) is 14.4 Å². The number of rotatable bonds is 12. The maximum absolute atomic E-state index is 14.2. The lowest BCUT2D eigenvalue weighted by atomic mass is 9.79. The van der Waals surface area contributed by atoms with Crippen molar-refractivity contribution in [1.29, 1.82) is 0 Å². The van der Waals surface area contributed by atoms with Crippen molar-refractivity contribution >= 4 is 44.3 Å². The van der Waals surface area contributed by atoms with Gasteiger partial charge in [0.05, 0.1) is 22.0 Å². The van der Waals surface area contributed by atoms with E-state index in [0.29, 0.717) is 24.1 Å². The SMILES string of the molecule is C[Si](C)O[C@]1(CN(C(=O)OCc2ccc([N+](=O)[O-])cc2)c2cccc(C(=O)OCc3ccc([N+](=O)[O-])cc3)c2)C[C@H](C(C)(C)C)CN1C(=O)OC(C)(C)C. The lowest BCUT2D eigenvalue weighted by Crippen LogP contribution is -2.59. The summed E-state index contributed by atoms with van der Waals surface area (Å²) in [6.07, 6.45) is -1.05. The molecule has 3 aromatic rings. The van der Waals surface area contributed by atoms with Gasteiger partial charge in [-0.3, -0.25) is 30.0 Å². The number of nitro benzene ring substituents is 2. The van der Waals surface area contributed by atoms with Gasteiger partial charge in [0.15, 0.2) is 5.72 Å². The molecule has 54 heavy (non-hydrogen) atoms. The highest BCUT2D eigenvalue weighted by Crippen LogP contribution is 2.45. The zero-order valence-electron chi connectivity index (χ0n) is 31.8. The molecule has 16 heteroatoms. The van der Waals surface area contributed by atoms with Crippen molar-refractivity contribution in [3.05, 3.63) is 110 Å². The number of benzene rings is 3. The van der Waals surface area contributed by atoms with E-state index in [4.69, 9.17) is 18.6 Å². The third-order valence-corrected chi connectivity index (χ3v) is 9.53. The second-order valence-corrected chi connectivity index (χ2v) is 17.4. The smallest absolute Gasteiger partial charge is 0.414 e. The Morgan fingerprint density at radius 2 is 1.39 bits per heavy atom. The van der Waals surface area contributed by atoms with E-state index in [2.05, 4.69) is 20.8 Å². The van der Waals surface area contributed by atoms with Crippen molar-refractivity contribution in [3.8, 4) is 0 Å². The normalized spacial score (nSPS) is 17.2. The molecule has 2 atom stereocenters. The van der Waals surface area contributed by atoms with E-state index in [1.54, 1.807) is 37.8 Å². The number of hydrogen-bond donors (Lipinski definition) is 0. The third kappa shape index (κ3) is 10.9. The molecule has 0 aromatic heterocycles. The molecule has 0 saturated carbocycles. The summed E-state index contributed by atoms with van der Waals surface area (Å²) in [5.41, 5.74) is -1.24. The molecule has 289 valence electrons. The highest BCUT2D eigenvalue weighted by molar-refractivity contribution is 6.48. The van der Waals surface area contributed by atoms with Crippen LogP contribution in [0.25, 0.3) is 0 Å². The van der Waals surface area contributed by atoms with Crippen LogP contribution in [0.15, 0.2) is 72.8 Å². The Morgan fingerprint density at radius 3 is 1.87 bits per heavy atom. The van der Waals surface area contributed by atoms with E-state index >= 15 is 0 Å². The molecule has 0 aliphatic carbocycles. The number of ether oxygens (including phenoxy) is 3.